The quantitative estimate of drug-likeness (QED) is 0.875. The van der Waals surface area contributed by atoms with E-state index in [0.29, 0.717) is 6.42 Å². The molecule has 4 heteroatoms. The fraction of sp³-hybridized carbons (Fsp3) is 0.286. The zero-order valence-electron chi connectivity index (χ0n) is 10.3. The van der Waals surface area contributed by atoms with Crippen LogP contribution in [0.2, 0.25) is 0 Å². The Morgan fingerprint density at radius 3 is 2.44 bits per heavy atom. The number of methoxy groups -OCH3 is 1. The molecule has 1 N–H and O–H groups in total. The van der Waals surface area contributed by atoms with Crippen molar-refractivity contribution in [2.45, 2.75) is 18.9 Å². The van der Waals surface area contributed by atoms with Crippen LogP contribution in [-0.4, -0.2) is 22.2 Å². The maximum absolute atomic E-state index is 9.98. The molecule has 0 bridgehead atoms. The van der Waals surface area contributed by atoms with Gasteiger partial charge in [-0.25, -0.2) is 9.97 Å². The highest BCUT2D eigenvalue weighted by atomic mass is 16.5. The molecule has 0 amide bonds. The lowest BCUT2D eigenvalue weighted by molar-refractivity contribution is 0.167. The lowest BCUT2D eigenvalue weighted by Gasteiger charge is -2.10. The first-order valence-electron chi connectivity index (χ1n) is 5.85. The van der Waals surface area contributed by atoms with Crippen LogP contribution in [0.25, 0.3) is 0 Å². The first kappa shape index (κ1) is 12.5. The highest BCUT2D eigenvalue weighted by Gasteiger charge is 2.08. The van der Waals surface area contributed by atoms with Crippen molar-refractivity contribution in [3.05, 3.63) is 54.1 Å². The summed E-state index contributed by atoms with van der Waals surface area (Å²) in [5.41, 5.74) is 1.93. The average Bonchev–Trinajstić information content (AvgIpc) is 2.46. The minimum absolute atomic E-state index is 0.520. The molecule has 1 heterocycles. The van der Waals surface area contributed by atoms with Crippen LogP contribution in [0, 0.1) is 0 Å². The molecule has 1 atom stereocenters. The van der Waals surface area contributed by atoms with E-state index in [1.807, 2.05) is 24.3 Å². The zero-order valence-corrected chi connectivity index (χ0v) is 10.3. The molecule has 0 aliphatic rings. The van der Waals surface area contributed by atoms with Crippen molar-refractivity contribution in [3.63, 3.8) is 0 Å². The number of aliphatic hydroxyl groups is 1. The van der Waals surface area contributed by atoms with Crippen molar-refractivity contribution in [1.82, 2.24) is 9.97 Å². The number of nitrogens with zero attached hydrogens (tertiary/aromatic N) is 2. The minimum atomic E-state index is -0.520. The van der Waals surface area contributed by atoms with Crippen LogP contribution in [0.15, 0.2) is 43.0 Å². The van der Waals surface area contributed by atoms with Gasteiger partial charge in [-0.2, -0.15) is 0 Å². The SMILES string of the molecule is COc1ccc(CCC(O)c2cncnc2)cc1. The van der Waals surface area contributed by atoms with Gasteiger partial charge in [0.2, 0.25) is 0 Å². The van der Waals surface area contributed by atoms with Gasteiger partial charge < -0.3 is 9.84 Å². The van der Waals surface area contributed by atoms with Crippen LogP contribution < -0.4 is 4.74 Å². The molecule has 94 valence electrons. The third-order valence-electron chi connectivity index (χ3n) is 2.83. The van der Waals surface area contributed by atoms with Gasteiger partial charge in [-0.15, -0.1) is 0 Å². The summed E-state index contributed by atoms with van der Waals surface area (Å²) >= 11 is 0. The van der Waals surface area contributed by atoms with Gasteiger partial charge in [0, 0.05) is 18.0 Å². The van der Waals surface area contributed by atoms with Gasteiger partial charge in [0.1, 0.15) is 12.1 Å². The molecule has 0 aliphatic carbocycles. The maximum Gasteiger partial charge on any atom is 0.118 e. The monoisotopic (exact) mass is 244 g/mol. The normalized spacial score (nSPS) is 12.1. The van der Waals surface area contributed by atoms with Gasteiger partial charge in [-0.3, -0.25) is 0 Å². The number of rotatable bonds is 5. The number of aliphatic hydroxyl groups excluding tert-OH is 1. The Labute approximate surface area is 106 Å². The number of benzene rings is 1. The molecule has 2 aromatic rings. The van der Waals surface area contributed by atoms with Crippen LogP contribution >= 0.6 is 0 Å². The number of ether oxygens (including phenoxy) is 1. The summed E-state index contributed by atoms with van der Waals surface area (Å²) < 4.78 is 5.10. The lowest BCUT2D eigenvalue weighted by atomic mass is 10.0. The number of aromatic nitrogens is 2. The molecule has 0 fully saturated rings. The molecule has 18 heavy (non-hydrogen) atoms. The zero-order chi connectivity index (χ0) is 12.8. The van der Waals surface area contributed by atoms with E-state index >= 15 is 0 Å². The van der Waals surface area contributed by atoms with Gasteiger partial charge in [-0.05, 0) is 30.5 Å². The van der Waals surface area contributed by atoms with Crippen molar-refractivity contribution in [2.24, 2.45) is 0 Å². The molecule has 0 spiro atoms. The summed E-state index contributed by atoms with van der Waals surface area (Å²) in [6, 6.07) is 7.86. The summed E-state index contributed by atoms with van der Waals surface area (Å²) in [4.78, 5) is 7.79. The van der Waals surface area contributed by atoms with E-state index in [1.165, 1.54) is 11.9 Å². The highest BCUT2D eigenvalue weighted by molar-refractivity contribution is 5.27. The van der Waals surface area contributed by atoms with Crippen molar-refractivity contribution in [2.75, 3.05) is 7.11 Å². The van der Waals surface area contributed by atoms with Crippen LogP contribution in [0.3, 0.4) is 0 Å². The summed E-state index contributed by atoms with van der Waals surface area (Å²) in [7, 11) is 1.65. The number of hydrogen-bond acceptors (Lipinski definition) is 4. The predicted molar refractivity (Wildman–Crippen MR) is 68.3 cm³/mol. The van der Waals surface area contributed by atoms with Crippen LogP contribution in [0.1, 0.15) is 23.7 Å². The second kappa shape index (κ2) is 6.12. The molecule has 2 rings (SSSR count). The lowest BCUT2D eigenvalue weighted by Crippen LogP contribution is -2.00. The second-order valence-electron chi connectivity index (χ2n) is 4.07. The maximum atomic E-state index is 9.98. The van der Waals surface area contributed by atoms with Crippen LogP contribution in [-0.2, 0) is 6.42 Å². The van der Waals surface area contributed by atoms with E-state index in [9.17, 15) is 5.11 Å². The van der Waals surface area contributed by atoms with Gasteiger partial charge in [0.25, 0.3) is 0 Å². The Morgan fingerprint density at radius 2 is 1.83 bits per heavy atom. The van der Waals surface area contributed by atoms with Crippen LogP contribution in [0.5, 0.6) is 5.75 Å². The fourth-order valence-electron chi connectivity index (χ4n) is 1.74. The molecule has 4 nitrogen and oxygen atoms in total. The molecule has 0 saturated carbocycles. The van der Waals surface area contributed by atoms with E-state index in [-0.39, 0.29) is 0 Å². The first-order valence-corrected chi connectivity index (χ1v) is 5.85. The standard InChI is InChI=1S/C14H16N2O2/c1-18-13-5-2-11(3-6-13)4-7-14(17)12-8-15-10-16-9-12/h2-3,5-6,8-10,14,17H,4,7H2,1H3. The molecule has 1 aromatic heterocycles. The topological polar surface area (TPSA) is 55.2 Å². The van der Waals surface area contributed by atoms with Crippen LogP contribution in [0.4, 0.5) is 0 Å². The Kier molecular flexibility index (Phi) is 4.25. The Hall–Kier alpha value is -1.94. The first-order chi connectivity index (χ1) is 8.79. The molecule has 0 saturated heterocycles. The van der Waals surface area contributed by atoms with E-state index < -0.39 is 6.10 Å². The molecular formula is C14H16N2O2. The summed E-state index contributed by atoms with van der Waals surface area (Å²) in [6.45, 7) is 0. The van der Waals surface area contributed by atoms with Crippen molar-refractivity contribution < 1.29 is 9.84 Å². The van der Waals surface area contributed by atoms with E-state index in [1.54, 1.807) is 19.5 Å². The second-order valence-corrected chi connectivity index (χ2v) is 4.07. The van der Waals surface area contributed by atoms with Gasteiger partial charge in [0.15, 0.2) is 0 Å². The van der Waals surface area contributed by atoms with Gasteiger partial charge in [-0.1, -0.05) is 12.1 Å². The smallest absolute Gasteiger partial charge is 0.118 e. The van der Waals surface area contributed by atoms with Crippen molar-refractivity contribution in [1.29, 1.82) is 0 Å². The van der Waals surface area contributed by atoms with Crippen molar-refractivity contribution >= 4 is 0 Å². The molecule has 1 unspecified atom stereocenters. The average molecular weight is 244 g/mol. The predicted octanol–water partition coefficient (Wildman–Crippen LogP) is 2.15. The molecule has 0 radical (unpaired) electrons. The molecule has 0 aliphatic heterocycles. The van der Waals surface area contributed by atoms with E-state index in [2.05, 4.69) is 9.97 Å². The minimum Gasteiger partial charge on any atom is -0.497 e. The molecule has 1 aromatic carbocycles. The third-order valence-corrected chi connectivity index (χ3v) is 2.83. The number of hydrogen-bond donors (Lipinski definition) is 1. The third kappa shape index (κ3) is 3.28. The van der Waals surface area contributed by atoms with Crippen molar-refractivity contribution in [3.8, 4) is 5.75 Å². The highest BCUT2D eigenvalue weighted by Crippen LogP contribution is 2.18. The molecular weight excluding hydrogens is 228 g/mol. The number of aryl methyl sites for hydroxylation is 1. The Morgan fingerprint density at radius 1 is 1.17 bits per heavy atom. The van der Waals surface area contributed by atoms with Gasteiger partial charge in [0.05, 0.1) is 13.2 Å². The van der Waals surface area contributed by atoms with E-state index in [0.717, 1.165) is 17.7 Å². The van der Waals surface area contributed by atoms with E-state index in [4.69, 9.17) is 4.74 Å². The fourth-order valence-corrected chi connectivity index (χ4v) is 1.74. The summed E-state index contributed by atoms with van der Waals surface area (Å²) in [6.07, 6.45) is 5.69. The Balaban J connectivity index is 1.91. The summed E-state index contributed by atoms with van der Waals surface area (Å²) in [5, 5.41) is 9.98. The Bertz CT molecular complexity index is 471. The largest absolute Gasteiger partial charge is 0.497 e. The summed E-state index contributed by atoms with van der Waals surface area (Å²) in [5.74, 6) is 0.843. The van der Waals surface area contributed by atoms with Gasteiger partial charge >= 0.3 is 0 Å².